The number of carbonyl (C=O) groups is 2. The van der Waals surface area contributed by atoms with Gasteiger partial charge in [-0.3, -0.25) is 9.59 Å². The Labute approximate surface area is 237 Å². The van der Waals surface area contributed by atoms with Crippen molar-refractivity contribution in [1.29, 1.82) is 5.26 Å². The van der Waals surface area contributed by atoms with Gasteiger partial charge in [0.05, 0.1) is 23.4 Å². The number of halogens is 3. The number of nitrogens with zero attached hydrogens (tertiary/aromatic N) is 6. The van der Waals surface area contributed by atoms with Gasteiger partial charge in [0.1, 0.15) is 23.7 Å². The van der Waals surface area contributed by atoms with Gasteiger partial charge in [-0.1, -0.05) is 29.7 Å². The van der Waals surface area contributed by atoms with E-state index in [1.54, 1.807) is 21.9 Å². The maximum atomic E-state index is 14.2. The molecule has 2 aromatic rings. The number of amides is 2. The highest BCUT2D eigenvalue weighted by atomic mass is 35.5. The van der Waals surface area contributed by atoms with E-state index in [9.17, 15) is 23.6 Å². The molecule has 3 heterocycles. The van der Waals surface area contributed by atoms with Crippen LogP contribution in [0.5, 0.6) is 5.75 Å². The number of alkyl halides is 2. The molecule has 1 saturated carbocycles. The average molecular weight is 575 g/mol. The number of hydrogen-bond acceptors (Lipinski definition) is 6. The van der Waals surface area contributed by atoms with E-state index in [-0.39, 0.29) is 36.4 Å². The minimum Gasteiger partial charge on any atom is -0.487 e. The van der Waals surface area contributed by atoms with Crippen molar-refractivity contribution in [2.75, 3.05) is 19.6 Å². The Kier molecular flexibility index (Phi) is 8.00. The molecule has 0 bridgehead atoms. The molecule has 1 saturated heterocycles. The second-order valence-corrected chi connectivity index (χ2v) is 11.5. The third kappa shape index (κ3) is 5.14. The van der Waals surface area contributed by atoms with Crippen molar-refractivity contribution in [3.05, 3.63) is 39.7 Å². The number of likely N-dealkylation sites (tertiary alicyclic amines) is 1. The van der Waals surface area contributed by atoms with Crippen LogP contribution in [0.1, 0.15) is 80.4 Å². The van der Waals surface area contributed by atoms with Gasteiger partial charge in [0, 0.05) is 43.7 Å². The summed E-state index contributed by atoms with van der Waals surface area (Å²) in [6.45, 7) is 2.84. The lowest BCUT2D eigenvalue weighted by atomic mass is 9.67. The van der Waals surface area contributed by atoms with Gasteiger partial charge in [-0.05, 0) is 50.3 Å². The van der Waals surface area contributed by atoms with Crippen LogP contribution < -0.4 is 4.74 Å². The fourth-order valence-electron chi connectivity index (χ4n) is 6.45. The fraction of sp³-hybridized carbons (Fsp3) is 0.607. The first-order valence-corrected chi connectivity index (χ1v) is 14.1. The van der Waals surface area contributed by atoms with Gasteiger partial charge in [0.15, 0.2) is 0 Å². The summed E-state index contributed by atoms with van der Waals surface area (Å²) in [5.74, 6) is -0.150. The molecule has 0 spiro atoms. The number of ether oxygens (including phenoxy) is 1. The molecule has 3 aliphatic rings. The summed E-state index contributed by atoms with van der Waals surface area (Å²) in [5.41, 5.74) is 0.397. The normalized spacial score (nSPS) is 24.8. The molecule has 1 aliphatic carbocycles. The molecule has 1 aromatic carbocycles. The molecule has 0 radical (unpaired) electrons. The number of fused-ring (bicyclic) bond motifs is 1. The van der Waals surface area contributed by atoms with Crippen LogP contribution in [0.4, 0.5) is 8.78 Å². The van der Waals surface area contributed by atoms with Crippen LogP contribution in [0, 0.1) is 22.7 Å². The third-order valence-corrected chi connectivity index (χ3v) is 9.05. The SMILES string of the molecule is Cn1nnc(COc2ccc(Cl)c3c2[C@@H](CN2CCCC2=O)N(C(=O)[C@@H]2CCCC[C@]2(C)C#N)CC3)c1C(F)F. The first-order chi connectivity index (χ1) is 19.1. The largest absolute Gasteiger partial charge is 0.487 e. The van der Waals surface area contributed by atoms with E-state index in [1.165, 1.54) is 7.05 Å². The van der Waals surface area contributed by atoms with E-state index >= 15 is 0 Å². The second kappa shape index (κ2) is 11.3. The van der Waals surface area contributed by atoms with Crippen molar-refractivity contribution in [2.45, 2.75) is 70.9 Å². The first-order valence-electron chi connectivity index (χ1n) is 13.7. The topological polar surface area (TPSA) is 104 Å². The molecule has 214 valence electrons. The lowest BCUT2D eigenvalue weighted by Crippen LogP contribution is -2.51. The van der Waals surface area contributed by atoms with E-state index in [4.69, 9.17) is 16.3 Å². The summed E-state index contributed by atoms with van der Waals surface area (Å²) < 4.78 is 34.4. The van der Waals surface area contributed by atoms with Crippen LogP contribution in [0.25, 0.3) is 0 Å². The highest BCUT2D eigenvalue weighted by Crippen LogP contribution is 2.46. The Balaban J connectivity index is 1.53. The van der Waals surface area contributed by atoms with Crippen molar-refractivity contribution < 1.29 is 23.1 Å². The molecule has 0 unspecified atom stereocenters. The van der Waals surface area contributed by atoms with Crippen molar-refractivity contribution >= 4 is 23.4 Å². The van der Waals surface area contributed by atoms with E-state index in [0.29, 0.717) is 55.1 Å². The molecule has 1 aromatic heterocycles. The zero-order chi connectivity index (χ0) is 28.6. The number of benzene rings is 1. The zero-order valence-corrected chi connectivity index (χ0v) is 23.5. The molecule has 9 nitrogen and oxygen atoms in total. The molecule has 5 rings (SSSR count). The zero-order valence-electron chi connectivity index (χ0n) is 22.7. The highest BCUT2D eigenvalue weighted by Gasteiger charge is 2.46. The fourth-order valence-corrected chi connectivity index (χ4v) is 6.71. The number of aryl methyl sites for hydroxylation is 1. The lowest BCUT2D eigenvalue weighted by Gasteiger charge is -2.44. The lowest BCUT2D eigenvalue weighted by molar-refractivity contribution is -0.145. The van der Waals surface area contributed by atoms with Crippen LogP contribution in [0.15, 0.2) is 12.1 Å². The Morgan fingerprint density at radius 2 is 2.08 bits per heavy atom. The Morgan fingerprint density at radius 1 is 1.27 bits per heavy atom. The molecule has 2 aliphatic heterocycles. The van der Waals surface area contributed by atoms with Gasteiger partial charge >= 0.3 is 0 Å². The monoisotopic (exact) mass is 574 g/mol. The number of nitriles is 1. The van der Waals surface area contributed by atoms with Crippen LogP contribution in [-0.2, 0) is 29.7 Å². The highest BCUT2D eigenvalue weighted by molar-refractivity contribution is 6.31. The van der Waals surface area contributed by atoms with E-state index in [0.717, 1.165) is 29.5 Å². The van der Waals surface area contributed by atoms with E-state index in [2.05, 4.69) is 16.4 Å². The smallest absolute Gasteiger partial charge is 0.282 e. The molecular formula is C28H33ClF2N6O3. The number of aromatic nitrogens is 3. The van der Waals surface area contributed by atoms with E-state index in [1.807, 2.05) is 6.92 Å². The molecule has 3 atom stereocenters. The standard InChI is InChI=1S/C28H33ClF2N6O3/c1-28(16-32)11-4-3-6-18(28)27(39)37-13-10-17-19(29)8-9-22(24(17)21(37)14-36-12-5-7-23(36)38)40-15-20-25(26(30)31)35(2)34-33-20/h8-9,18,21,26H,3-7,10-15H2,1-2H3/t18-,21+,28+/m0/s1. The van der Waals surface area contributed by atoms with Crippen LogP contribution in [0.2, 0.25) is 5.02 Å². The predicted octanol–water partition coefficient (Wildman–Crippen LogP) is 4.75. The van der Waals surface area contributed by atoms with Gasteiger partial charge in [0.25, 0.3) is 6.43 Å². The number of hydrogen-bond donors (Lipinski definition) is 0. The summed E-state index contributed by atoms with van der Waals surface area (Å²) >= 11 is 6.65. The molecule has 40 heavy (non-hydrogen) atoms. The van der Waals surface area contributed by atoms with E-state index < -0.39 is 23.8 Å². The summed E-state index contributed by atoms with van der Waals surface area (Å²) in [5, 5.41) is 18.1. The summed E-state index contributed by atoms with van der Waals surface area (Å²) in [7, 11) is 1.40. The minimum absolute atomic E-state index is 0.0169. The van der Waals surface area contributed by atoms with Crippen molar-refractivity contribution in [1.82, 2.24) is 24.8 Å². The van der Waals surface area contributed by atoms with Gasteiger partial charge < -0.3 is 14.5 Å². The second-order valence-electron chi connectivity index (χ2n) is 11.1. The molecule has 0 N–H and O–H groups in total. The van der Waals surface area contributed by atoms with Gasteiger partial charge in [-0.2, -0.15) is 5.26 Å². The average Bonchev–Trinajstić information content (AvgIpc) is 3.52. The van der Waals surface area contributed by atoms with Gasteiger partial charge in [-0.15, -0.1) is 5.10 Å². The van der Waals surface area contributed by atoms with Crippen LogP contribution in [-0.4, -0.2) is 56.2 Å². The maximum Gasteiger partial charge on any atom is 0.282 e. The predicted molar refractivity (Wildman–Crippen MR) is 141 cm³/mol. The number of carbonyl (C=O) groups excluding carboxylic acids is 2. The summed E-state index contributed by atoms with van der Waals surface area (Å²) in [6.07, 6.45) is 1.94. The quantitative estimate of drug-likeness (QED) is 0.472. The van der Waals surface area contributed by atoms with Crippen molar-refractivity contribution in [3.63, 3.8) is 0 Å². The van der Waals surface area contributed by atoms with Crippen molar-refractivity contribution in [2.24, 2.45) is 18.4 Å². The molecular weight excluding hydrogens is 542 g/mol. The Bertz CT molecular complexity index is 1340. The molecule has 12 heteroatoms. The van der Waals surface area contributed by atoms with Gasteiger partial charge in [0.2, 0.25) is 11.8 Å². The van der Waals surface area contributed by atoms with Crippen molar-refractivity contribution in [3.8, 4) is 11.8 Å². The van der Waals surface area contributed by atoms with Crippen LogP contribution in [0.3, 0.4) is 0 Å². The molecule has 2 fully saturated rings. The maximum absolute atomic E-state index is 14.2. The minimum atomic E-state index is -2.77. The summed E-state index contributed by atoms with van der Waals surface area (Å²) in [6, 6.07) is 5.22. The Hall–Kier alpha value is -3.26. The third-order valence-electron chi connectivity index (χ3n) is 8.70. The van der Waals surface area contributed by atoms with Gasteiger partial charge in [-0.25, -0.2) is 13.5 Å². The molecule has 2 amide bonds. The Morgan fingerprint density at radius 3 is 2.77 bits per heavy atom. The first kappa shape index (κ1) is 28.3. The summed E-state index contributed by atoms with van der Waals surface area (Å²) in [4.78, 5) is 30.4. The van der Waals surface area contributed by atoms with Crippen LogP contribution >= 0.6 is 11.6 Å². The number of rotatable bonds is 7.